The zero-order valence-corrected chi connectivity index (χ0v) is 13.7. The molecule has 0 saturated carbocycles. The normalized spacial score (nSPS) is 10.4. The molecule has 0 saturated heterocycles. The molecule has 104 valence electrons. The van der Waals surface area contributed by atoms with E-state index in [1.165, 1.54) is 7.11 Å². The van der Waals surface area contributed by atoms with Crippen LogP contribution in [0.4, 0.5) is 0 Å². The van der Waals surface area contributed by atoms with Gasteiger partial charge < -0.3 is 9.72 Å². The van der Waals surface area contributed by atoms with E-state index in [1.54, 1.807) is 6.92 Å². The van der Waals surface area contributed by atoms with Crippen molar-refractivity contribution in [3.8, 4) is 11.4 Å². The maximum Gasteiger partial charge on any atom is 0.342 e. The minimum absolute atomic E-state index is 0.236. The minimum Gasteiger partial charge on any atom is -0.465 e. The van der Waals surface area contributed by atoms with Crippen molar-refractivity contribution in [2.45, 2.75) is 13.8 Å². The number of aromatic amines is 1. The predicted octanol–water partition coefficient (Wildman–Crippen LogP) is 3.97. The first-order valence-electron chi connectivity index (χ1n) is 5.89. The van der Waals surface area contributed by atoms with E-state index in [0.29, 0.717) is 17.1 Å². The molecule has 0 aliphatic heterocycles. The number of hydrogen-bond acceptors (Lipinski definition) is 4. The molecular weight excluding hydrogens is 340 g/mol. The van der Waals surface area contributed by atoms with Crippen LogP contribution in [0.2, 0.25) is 0 Å². The molecule has 1 heterocycles. The van der Waals surface area contributed by atoms with E-state index in [-0.39, 0.29) is 4.64 Å². The Balaban J connectivity index is 2.57. The van der Waals surface area contributed by atoms with Gasteiger partial charge in [0.05, 0.1) is 7.11 Å². The Morgan fingerprint density at radius 1 is 1.40 bits per heavy atom. The first-order chi connectivity index (χ1) is 9.43. The maximum absolute atomic E-state index is 11.6. The number of aryl methyl sites for hydroxylation is 2. The SMILES string of the molecule is COC(=O)c1c(C)[nH]c(-c2ccc(C)c(Br)c2)nc1=S. The summed E-state index contributed by atoms with van der Waals surface area (Å²) in [5.74, 6) is 0.147. The molecule has 0 amide bonds. The first-order valence-corrected chi connectivity index (χ1v) is 7.10. The van der Waals surface area contributed by atoms with Gasteiger partial charge in [-0.05, 0) is 25.5 Å². The number of ether oxygens (including phenoxy) is 1. The molecule has 0 spiro atoms. The van der Waals surface area contributed by atoms with Crippen LogP contribution in [0.1, 0.15) is 21.6 Å². The van der Waals surface area contributed by atoms with Crippen LogP contribution in [0.15, 0.2) is 22.7 Å². The van der Waals surface area contributed by atoms with Crippen LogP contribution in [0.25, 0.3) is 11.4 Å². The maximum atomic E-state index is 11.6. The van der Waals surface area contributed by atoms with Crippen LogP contribution >= 0.6 is 28.1 Å². The van der Waals surface area contributed by atoms with Gasteiger partial charge in [0.1, 0.15) is 16.0 Å². The van der Waals surface area contributed by atoms with E-state index in [9.17, 15) is 4.79 Å². The highest BCUT2D eigenvalue weighted by Gasteiger charge is 2.15. The van der Waals surface area contributed by atoms with Crippen LogP contribution in [0, 0.1) is 18.5 Å². The molecule has 1 aromatic carbocycles. The Kier molecular flexibility index (Phi) is 4.35. The fourth-order valence-corrected chi connectivity index (χ4v) is 2.51. The quantitative estimate of drug-likeness (QED) is 0.656. The Morgan fingerprint density at radius 3 is 2.65 bits per heavy atom. The molecule has 2 rings (SSSR count). The van der Waals surface area contributed by atoms with Crippen LogP contribution in [-0.4, -0.2) is 23.0 Å². The van der Waals surface area contributed by atoms with Crippen LogP contribution in [0.5, 0.6) is 0 Å². The number of H-pyrrole nitrogens is 1. The molecule has 0 aliphatic rings. The number of aromatic nitrogens is 2. The standard InChI is InChI=1S/C14H13BrN2O2S/c1-7-4-5-9(6-10(7)15)12-16-8(2)11(13(20)17-12)14(18)19-3/h4-6H,1-3H3,(H,16,17,20). The van der Waals surface area contributed by atoms with Crippen LogP contribution in [-0.2, 0) is 4.74 Å². The molecule has 20 heavy (non-hydrogen) atoms. The number of methoxy groups -OCH3 is 1. The van der Waals surface area contributed by atoms with Crippen molar-refractivity contribution in [1.29, 1.82) is 0 Å². The minimum atomic E-state index is -0.479. The van der Waals surface area contributed by atoms with E-state index in [4.69, 9.17) is 17.0 Å². The second-order valence-electron chi connectivity index (χ2n) is 4.35. The van der Waals surface area contributed by atoms with E-state index >= 15 is 0 Å². The van der Waals surface area contributed by atoms with Gasteiger partial charge in [-0.2, -0.15) is 0 Å². The van der Waals surface area contributed by atoms with Crippen molar-refractivity contribution in [2.75, 3.05) is 7.11 Å². The highest BCUT2D eigenvalue weighted by Crippen LogP contribution is 2.24. The third-order valence-corrected chi connectivity index (χ3v) is 4.09. The lowest BCUT2D eigenvalue weighted by Crippen LogP contribution is -2.08. The average Bonchev–Trinajstić information content (AvgIpc) is 2.40. The molecule has 0 fully saturated rings. The van der Waals surface area contributed by atoms with Crippen molar-refractivity contribution < 1.29 is 9.53 Å². The Bertz CT molecular complexity index is 740. The number of halogens is 1. The first kappa shape index (κ1) is 14.9. The van der Waals surface area contributed by atoms with Crippen molar-refractivity contribution >= 4 is 34.1 Å². The zero-order valence-electron chi connectivity index (χ0n) is 11.3. The lowest BCUT2D eigenvalue weighted by atomic mass is 10.1. The second-order valence-corrected chi connectivity index (χ2v) is 5.59. The van der Waals surface area contributed by atoms with Gasteiger partial charge in [0.15, 0.2) is 0 Å². The summed E-state index contributed by atoms with van der Waals surface area (Å²) in [7, 11) is 1.32. The molecular formula is C14H13BrN2O2S. The van der Waals surface area contributed by atoms with Gasteiger partial charge in [-0.25, -0.2) is 9.78 Å². The molecule has 0 atom stereocenters. The summed E-state index contributed by atoms with van der Waals surface area (Å²) in [6.07, 6.45) is 0. The number of hydrogen-bond donors (Lipinski definition) is 1. The summed E-state index contributed by atoms with van der Waals surface area (Å²) in [6, 6.07) is 5.90. The third-order valence-electron chi connectivity index (χ3n) is 2.94. The fraction of sp³-hybridized carbons (Fsp3) is 0.214. The topological polar surface area (TPSA) is 55.0 Å². The molecule has 1 N–H and O–H groups in total. The highest BCUT2D eigenvalue weighted by molar-refractivity contribution is 9.10. The molecule has 0 radical (unpaired) electrons. The third kappa shape index (κ3) is 2.81. The van der Waals surface area contributed by atoms with Gasteiger partial charge in [-0.1, -0.05) is 40.3 Å². The van der Waals surface area contributed by atoms with E-state index in [1.807, 2.05) is 25.1 Å². The average molecular weight is 353 g/mol. The van der Waals surface area contributed by atoms with E-state index in [0.717, 1.165) is 15.6 Å². The second kappa shape index (κ2) is 5.85. The summed E-state index contributed by atoms with van der Waals surface area (Å²) in [5, 5.41) is 0. The number of nitrogens with zero attached hydrogens (tertiary/aromatic N) is 1. The summed E-state index contributed by atoms with van der Waals surface area (Å²) in [5.41, 5.74) is 2.98. The number of rotatable bonds is 2. The lowest BCUT2D eigenvalue weighted by molar-refractivity contribution is 0.0598. The summed E-state index contributed by atoms with van der Waals surface area (Å²) >= 11 is 8.67. The number of benzene rings is 1. The number of esters is 1. The lowest BCUT2D eigenvalue weighted by Gasteiger charge is -2.08. The van der Waals surface area contributed by atoms with Gasteiger partial charge >= 0.3 is 5.97 Å². The Labute approximate surface area is 130 Å². The monoisotopic (exact) mass is 352 g/mol. The largest absolute Gasteiger partial charge is 0.465 e. The molecule has 1 aromatic heterocycles. The van der Waals surface area contributed by atoms with Gasteiger partial charge in [-0.3, -0.25) is 0 Å². The van der Waals surface area contributed by atoms with Crippen LogP contribution < -0.4 is 0 Å². The van der Waals surface area contributed by atoms with Crippen molar-refractivity contribution in [3.63, 3.8) is 0 Å². The number of nitrogens with one attached hydrogen (secondary N) is 1. The van der Waals surface area contributed by atoms with Gasteiger partial charge in [-0.15, -0.1) is 0 Å². The van der Waals surface area contributed by atoms with Gasteiger partial charge in [0.25, 0.3) is 0 Å². The van der Waals surface area contributed by atoms with Crippen molar-refractivity contribution in [2.24, 2.45) is 0 Å². The number of carbonyl (C=O) groups excluding carboxylic acids is 1. The molecule has 0 unspecified atom stereocenters. The van der Waals surface area contributed by atoms with E-state index < -0.39 is 5.97 Å². The molecule has 0 bridgehead atoms. The van der Waals surface area contributed by atoms with Crippen molar-refractivity contribution in [3.05, 3.63) is 44.1 Å². The van der Waals surface area contributed by atoms with Gasteiger partial charge in [0, 0.05) is 15.7 Å². The van der Waals surface area contributed by atoms with E-state index in [2.05, 4.69) is 25.9 Å². The molecule has 2 aromatic rings. The highest BCUT2D eigenvalue weighted by atomic mass is 79.9. The molecule has 6 heteroatoms. The zero-order chi connectivity index (χ0) is 14.9. The molecule has 0 aliphatic carbocycles. The Morgan fingerprint density at radius 2 is 2.10 bits per heavy atom. The smallest absolute Gasteiger partial charge is 0.342 e. The summed E-state index contributed by atoms with van der Waals surface area (Å²) in [4.78, 5) is 19.0. The van der Waals surface area contributed by atoms with Crippen LogP contribution in [0.3, 0.4) is 0 Å². The Hall–Kier alpha value is -1.53. The predicted molar refractivity (Wildman–Crippen MR) is 83.4 cm³/mol. The molecule has 4 nitrogen and oxygen atoms in total. The fourth-order valence-electron chi connectivity index (χ4n) is 1.81. The van der Waals surface area contributed by atoms with Gasteiger partial charge in [0.2, 0.25) is 0 Å². The number of carbonyl (C=O) groups is 1. The van der Waals surface area contributed by atoms with Crippen molar-refractivity contribution in [1.82, 2.24) is 9.97 Å². The summed E-state index contributed by atoms with van der Waals surface area (Å²) < 4.78 is 5.93. The summed E-state index contributed by atoms with van der Waals surface area (Å²) in [6.45, 7) is 3.78.